The van der Waals surface area contributed by atoms with Crippen molar-refractivity contribution in [3.8, 4) is 0 Å². The van der Waals surface area contributed by atoms with Crippen LogP contribution in [0.25, 0.3) is 0 Å². The molecule has 18 heavy (non-hydrogen) atoms. The van der Waals surface area contributed by atoms with Crippen LogP contribution in [0, 0.1) is 23.7 Å². The molecule has 4 rings (SSSR count). The van der Waals surface area contributed by atoms with Crippen molar-refractivity contribution >= 4 is 11.6 Å². The predicted molar refractivity (Wildman–Crippen MR) is 74.6 cm³/mol. The molecule has 0 heterocycles. The van der Waals surface area contributed by atoms with E-state index in [1.807, 2.05) is 12.1 Å². The lowest BCUT2D eigenvalue weighted by molar-refractivity contribution is 0.433. The average Bonchev–Trinajstić information content (AvgIpc) is 2.77. The number of hydrogen-bond acceptors (Lipinski definition) is 1. The average molecular weight is 262 g/mol. The van der Waals surface area contributed by atoms with Gasteiger partial charge in [-0.05, 0) is 67.6 Å². The highest BCUT2D eigenvalue weighted by Crippen LogP contribution is 2.65. The van der Waals surface area contributed by atoms with Crippen molar-refractivity contribution in [1.29, 1.82) is 0 Å². The summed E-state index contributed by atoms with van der Waals surface area (Å²) in [5.74, 6) is 4.10. The Morgan fingerprint density at radius 2 is 1.94 bits per heavy atom. The standard InChI is InChI=1S/C16H20ClN/c1-9(10-3-2-4-13(17)8-10)18-16-14-11-5-6-12(7-11)15(14)16/h2-4,8-9,11-12,14-16,18H,5-7H2,1H3. The van der Waals surface area contributed by atoms with Gasteiger partial charge in [-0.1, -0.05) is 23.7 Å². The summed E-state index contributed by atoms with van der Waals surface area (Å²) < 4.78 is 0. The molecule has 5 atom stereocenters. The van der Waals surface area contributed by atoms with E-state index >= 15 is 0 Å². The largest absolute Gasteiger partial charge is 0.307 e. The van der Waals surface area contributed by atoms with Crippen molar-refractivity contribution < 1.29 is 0 Å². The van der Waals surface area contributed by atoms with Crippen molar-refractivity contribution in [2.24, 2.45) is 23.7 Å². The Kier molecular flexibility index (Phi) is 2.50. The summed E-state index contributed by atoms with van der Waals surface area (Å²) in [6.45, 7) is 2.27. The van der Waals surface area contributed by atoms with E-state index in [4.69, 9.17) is 11.6 Å². The van der Waals surface area contributed by atoms with Gasteiger partial charge in [0.2, 0.25) is 0 Å². The van der Waals surface area contributed by atoms with Crippen LogP contribution in [0.3, 0.4) is 0 Å². The highest BCUT2D eigenvalue weighted by atomic mass is 35.5. The lowest BCUT2D eigenvalue weighted by Crippen LogP contribution is -2.26. The van der Waals surface area contributed by atoms with Gasteiger partial charge in [0.05, 0.1) is 0 Å². The second-order valence-corrected chi connectivity index (χ2v) is 6.89. The second kappa shape index (κ2) is 3.98. The number of rotatable bonds is 3. The Bertz CT molecular complexity index is 456. The van der Waals surface area contributed by atoms with E-state index in [2.05, 4.69) is 24.4 Å². The molecule has 3 aliphatic carbocycles. The number of halogens is 1. The molecule has 0 saturated heterocycles. The predicted octanol–water partition coefficient (Wildman–Crippen LogP) is 4.04. The van der Waals surface area contributed by atoms with Gasteiger partial charge in [-0.3, -0.25) is 0 Å². The molecule has 1 aromatic rings. The molecule has 1 N–H and O–H groups in total. The van der Waals surface area contributed by atoms with Crippen LogP contribution >= 0.6 is 11.6 Å². The number of nitrogens with one attached hydrogen (secondary N) is 1. The van der Waals surface area contributed by atoms with E-state index in [1.165, 1.54) is 24.8 Å². The highest BCUT2D eigenvalue weighted by molar-refractivity contribution is 6.30. The molecule has 96 valence electrons. The molecule has 0 amide bonds. The number of benzene rings is 1. The summed E-state index contributed by atoms with van der Waals surface area (Å²) in [5.41, 5.74) is 1.32. The third kappa shape index (κ3) is 1.64. The van der Waals surface area contributed by atoms with E-state index in [-0.39, 0.29) is 0 Å². The van der Waals surface area contributed by atoms with E-state index in [1.54, 1.807) is 0 Å². The van der Waals surface area contributed by atoms with Crippen molar-refractivity contribution in [1.82, 2.24) is 5.32 Å². The Balaban J connectivity index is 1.44. The van der Waals surface area contributed by atoms with E-state index in [9.17, 15) is 0 Å². The summed E-state index contributed by atoms with van der Waals surface area (Å²) >= 11 is 6.07. The van der Waals surface area contributed by atoms with E-state index in [0.717, 1.165) is 34.7 Å². The third-order valence-electron chi connectivity index (χ3n) is 5.53. The molecule has 3 fully saturated rings. The second-order valence-electron chi connectivity index (χ2n) is 6.46. The van der Waals surface area contributed by atoms with Crippen molar-refractivity contribution in [2.75, 3.05) is 0 Å². The molecule has 0 radical (unpaired) electrons. The minimum absolute atomic E-state index is 0.429. The Morgan fingerprint density at radius 1 is 1.22 bits per heavy atom. The SMILES string of the molecule is CC(NC1C2C3CCC(C3)C12)c1cccc(Cl)c1. The van der Waals surface area contributed by atoms with Crippen LogP contribution in [-0.2, 0) is 0 Å². The molecular weight excluding hydrogens is 242 g/mol. The lowest BCUT2D eigenvalue weighted by Gasteiger charge is -2.17. The van der Waals surface area contributed by atoms with Gasteiger partial charge in [-0.15, -0.1) is 0 Å². The molecule has 0 aliphatic heterocycles. The molecule has 3 saturated carbocycles. The lowest BCUT2D eigenvalue weighted by atomic mass is 10.0. The van der Waals surface area contributed by atoms with Crippen molar-refractivity contribution in [3.05, 3.63) is 34.9 Å². The van der Waals surface area contributed by atoms with E-state index in [0.29, 0.717) is 6.04 Å². The van der Waals surface area contributed by atoms with Gasteiger partial charge in [0.1, 0.15) is 0 Å². The van der Waals surface area contributed by atoms with Crippen LogP contribution in [0.4, 0.5) is 0 Å². The minimum atomic E-state index is 0.429. The molecule has 0 spiro atoms. The van der Waals surface area contributed by atoms with Crippen LogP contribution < -0.4 is 5.32 Å². The smallest absolute Gasteiger partial charge is 0.0409 e. The maximum atomic E-state index is 6.07. The molecule has 2 bridgehead atoms. The summed E-state index contributed by atoms with van der Waals surface area (Å²) in [6.07, 6.45) is 4.52. The molecule has 2 heteroatoms. The molecule has 5 unspecified atom stereocenters. The zero-order valence-corrected chi connectivity index (χ0v) is 11.5. The van der Waals surface area contributed by atoms with Gasteiger partial charge < -0.3 is 5.32 Å². The topological polar surface area (TPSA) is 12.0 Å². The first kappa shape index (κ1) is 11.3. The molecular formula is C16H20ClN. The van der Waals surface area contributed by atoms with Crippen LogP contribution in [-0.4, -0.2) is 6.04 Å². The molecule has 0 aromatic heterocycles. The first-order valence-electron chi connectivity index (χ1n) is 7.25. The van der Waals surface area contributed by atoms with Crippen molar-refractivity contribution in [2.45, 2.75) is 38.3 Å². The van der Waals surface area contributed by atoms with Gasteiger partial charge in [-0.2, -0.15) is 0 Å². The Morgan fingerprint density at radius 3 is 2.61 bits per heavy atom. The zero-order chi connectivity index (χ0) is 12.3. The highest BCUT2D eigenvalue weighted by Gasteiger charge is 2.64. The van der Waals surface area contributed by atoms with Gasteiger partial charge in [-0.25, -0.2) is 0 Å². The third-order valence-corrected chi connectivity index (χ3v) is 5.76. The number of fused-ring (bicyclic) bond motifs is 5. The normalized spacial score (nSPS) is 41.8. The summed E-state index contributed by atoms with van der Waals surface area (Å²) in [6, 6.07) is 9.49. The summed E-state index contributed by atoms with van der Waals surface area (Å²) in [7, 11) is 0. The number of hydrogen-bond donors (Lipinski definition) is 1. The van der Waals surface area contributed by atoms with Gasteiger partial charge in [0.15, 0.2) is 0 Å². The monoisotopic (exact) mass is 261 g/mol. The van der Waals surface area contributed by atoms with Crippen LogP contribution in [0.1, 0.15) is 37.8 Å². The van der Waals surface area contributed by atoms with Crippen LogP contribution in [0.2, 0.25) is 5.02 Å². The zero-order valence-electron chi connectivity index (χ0n) is 10.8. The Labute approximate surface area is 114 Å². The maximum Gasteiger partial charge on any atom is 0.0409 e. The fourth-order valence-corrected chi connectivity index (χ4v) is 4.91. The first-order valence-corrected chi connectivity index (χ1v) is 7.63. The summed E-state index contributed by atoms with van der Waals surface area (Å²) in [5, 5.41) is 4.69. The molecule has 3 aliphatic rings. The van der Waals surface area contributed by atoms with Crippen LogP contribution in [0.15, 0.2) is 24.3 Å². The fourth-order valence-electron chi connectivity index (χ4n) is 4.71. The minimum Gasteiger partial charge on any atom is -0.307 e. The van der Waals surface area contributed by atoms with Crippen LogP contribution in [0.5, 0.6) is 0 Å². The fraction of sp³-hybridized carbons (Fsp3) is 0.625. The molecule has 1 aromatic carbocycles. The van der Waals surface area contributed by atoms with Gasteiger partial charge in [0.25, 0.3) is 0 Å². The summed E-state index contributed by atoms with van der Waals surface area (Å²) in [4.78, 5) is 0. The van der Waals surface area contributed by atoms with Gasteiger partial charge in [0, 0.05) is 17.1 Å². The Hall–Kier alpha value is -0.530. The first-order chi connectivity index (χ1) is 8.74. The van der Waals surface area contributed by atoms with E-state index < -0.39 is 0 Å². The molecule has 1 nitrogen and oxygen atoms in total. The van der Waals surface area contributed by atoms with Crippen molar-refractivity contribution in [3.63, 3.8) is 0 Å². The quantitative estimate of drug-likeness (QED) is 0.866. The maximum absolute atomic E-state index is 6.07. The van der Waals surface area contributed by atoms with Gasteiger partial charge >= 0.3 is 0 Å².